The normalized spacial score (nSPS) is 10.3. The Kier molecular flexibility index (Phi) is 4.98. The molecular weight excluding hydrogens is 296 g/mol. The van der Waals surface area contributed by atoms with E-state index in [0.29, 0.717) is 15.9 Å². The molecule has 0 saturated heterocycles. The predicted octanol–water partition coefficient (Wildman–Crippen LogP) is 3.82. The summed E-state index contributed by atoms with van der Waals surface area (Å²) in [5.41, 5.74) is 0.942. The van der Waals surface area contributed by atoms with Gasteiger partial charge in [0, 0.05) is 4.88 Å². The summed E-state index contributed by atoms with van der Waals surface area (Å²) >= 11 is 7.43. The van der Waals surface area contributed by atoms with Crippen molar-refractivity contribution in [3.8, 4) is 5.75 Å². The molecule has 1 heterocycles. The quantitative estimate of drug-likeness (QED) is 0.913. The highest BCUT2D eigenvalue weighted by Gasteiger charge is 2.08. The number of carbonyl (C=O) groups excluding carboxylic acids is 1. The van der Waals surface area contributed by atoms with Gasteiger partial charge in [-0.3, -0.25) is 4.79 Å². The van der Waals surface area contributed by atoms with Crippen molar-refractivity contribution in [1.82, 2.24) is 4.98 Å². The zero-order valence-electron chi connectivity index (χ0n) is 11.3. The average Bonchev–Trinajstić information content (AvgIpc) is 2.70. The lowest BCUT2D eigenvalue weighted by Gasteiger charge is -2.07. The zero-order chi connectivity index (χ0) is 14.5. The molecule has 0 bridgehead atoms. The molecule has 0 aliphatic rings. The monoisotopic (exact) mass is 310 g/mol. The number of nitrogens with zero attached hydrogens (tertiary/aromatic N) is 1. The minimum absolute atomic E-state index is 0.120. The molecule has 1 N–H and O–H groups in total. The summed E-state index contributed by atoms with van der Waals surface area (Å²) in [7, 11) is 0. The molecule has 0 radical (unpaired) electrons. The van der Waals surface area contributed by atoms with Gasteiger partial charge in [-0.1, -0.05) is 23.7 Å². The molecule has 6 heteroatoms. The van der Waals surface area contributed by atoms with E-state index in [1.54, 1.807) is 12.1 Å². The van der Waals surface area contributed by atoms with Gasteiger partial charge in [-0.15, -0.1) is 11.3 Å². The van der Waals surface area contributed by atoms with Crippen LogP contribution in [0.15, 0.2) is 24.3 Å². The highest BCUT2D eigenvalue weighted by Crippen LogP contribution is 2.23. The van der Waals surface area contributed by atoms with Gasteiger partial charge >= 0.3 is 0 Å². The van der Waals surface area contributed by atoms with Crippen LogP contribution in [0.25, 0.3) is 0 Å². The van der Waals surface area contributed by atoms with E-state index in [4.69, 9.17) is 16.3 Å². The number of amides is 1. The minimum atomic E-state index is -0.120. The number of carbonyl (C=O) groups is 1. The number of hydrogen-bond acceptors (Lipinski definition) is 4. The second-order valence-corrected chi connectivity index (χ2v) is 5.85. The van der Waals surface area contributed by atoms with Crippen molar-refractivity contribution in [2.75, 3.05) is 11.9 Å². The van der Waals surface area contributed by atoms with Crippen molar-refractivity contribution in [2.45, 2.75) is 20.3 Å². The van der Waals surface area contributed by atoms with Crippen LogP contribution in [0.3, 0.4) is 0 Å². The maximum Gasteiger partial charge on any atom is 0.229 e. The molecular formula is C14H15ClN2O2S. The Morgan fingerprint density at radius 1 is 1.40 bits per heavy atom. The summed E-state index contributed by atoms with van der Waals surface area (Å²) in [5, 5.41) is 3.93. The number of anilines is 1. The maximum absolute atomic E-state index is 11.8. The molecule has 0 spiro atoms. The molecule has 1 aromatic heterocycles. The fourth-order valence-corrected chi connectivity index (χ4v) is 2.54. The van der Waals surface area contributed by atoms with Gasteiger partial charge in [-0.2, -0.15) is 0 Å². The van der Waals surface area contributed by atoms with Gasteiger partial charge in [0.05, 0.1) is 23.7 Å². The first-order valence-electron chi connectivity index (χ1n) is 6.17. The van der Waals surface area contributed by atoms with Crippen molar-refractivity contribution in [2.24, 2.45) is 0 Å². The van der Waals surface area contributed by atoms with Crippen LogP contribution >= 0.6 is 22.9 Å². The van der Waals surface area contributed by atoms with Crippen molar-refractivity contribution in [3.05, 3.63) is 39.9 Å². The third-order valence-electron chi connectivity index (χ3n) is 2.70. The molecule has 0 atom stereocenters. The molecule has 0 fully saturated rings. The van der Waals surface area contributed by atoms with Crippen LogP contribution in [0.4, 0.5) is 5.13 Å². The average molecular weight is 311 g/mol. The van der Waals surface area contributed by atoms with E-state index < -0.39 is 0 Å². The fourth-order valence-electron chi connectivity index (χ4n) is 1.52. The molecule has 0 unspecified atom stereocenters. The number of nitrogens with one attached hydrogen (secondary N) is 1. The Labute approximate surface area is 126 Å². The summed E-state index contributed by atoms with van der Waals surface area (Å²) in [6.45, 7) is 4.17. The standard InChI is InChI=1S/C14H15ClN2O2S/c1-9-10(2)20-14(16-9)17-13(18)7-8-19-12-6-4-3-5-11(12)15/h3-6H,7-8H2,1-2H3,(H,16,17,18). The van der Waals surface area contributed by atoms with E-state index in [0.717, 1.165) is 10.6 Å². The lowest BCUT2D eigenvalue weighted by atomic mass is 10.3. The topological polar surface area (TPSA) is 51.2 Å². The third kappa shape index (κ3) is 3.95. The summed E-state index contributed by atoms with van der Waals surface area (Å²) < 4.78 is 5.46. The molecule has 0 aliphatic carbocycles. The van der Waals surface area contributed by atoms with Gasteiger partial charge in [-0.25, -0.2) is 4.98 Å². The predicted molar refractivity (Wildman–Crippen MR) is 81.8 cm³/mol. The number of aromatic nitrogens is 1. The zero-order valence-corrected chi connectivity index (χ0v) is 12.8. The van der Waals surface area contributed by atoms with Gasteiger partial charge < -0.3 is 10.1 Å². The Morgan fingerprint density at radius 2 is 2.15 bits per heavy atom. The number of ether oxygens (including phenoxy) is 1. The van der Waals surface area contributed by atoms with Gasteiger partial charge in [0.25, 0.3) is 0 Å². The van der Waals surface area contributed by atoms with Crippen LogP contribution in [0.1, 0.15) is 17.0 Å². The van der Waals surface area contributed by atoms with Crippen LogP contribution in [0.5, 0.6) is 5.75 Å². The molecule has 2 aromatic rings. The van der Waals surface area contributed by atoms with Crippen molar-refractivity contribution >= 4 is 34.0 Å². The summed E-state index contributed by atoms with van der Waals surface area (Å²) in [6, 6.07) is 7.18. The van der Waals surface area contributed by atoms with Crippen molar-refractivity contribution in [3.63, 3.8) is 0 Å². The first-order chi connectivity index (χ1) is 9.56. The molecule has 4 nitrogen and oxygen atoms in total. The Morgan fingerprint density at radius 3 is 2.80 bits per heavy atom. The van der Waals surface area contributed by atoms with Crippen LogP contribution in [-0.2, 0) is 4.79 Å². The Hall–Kier alpha value is -1.59. The number of aryl methyl sites for hydroxylation is 2. The van der Waals surface area contributed by atoms with Crippen LogP contribution in [0, 0.1) is 13.8 Å². The molecule has 1 aromatic carbocycles. The number of halogens is 1. The van der Waals surface area contributed by atoms with Crippen LogP contribution in [-0.4, -0.2) is 17.5 Å². The molecule has 0 saturated carbocycles. The van der Waals surface area contributed by atoms with Gasteiger partial charge in [0.1, 0.15) is 5.75 Å². The lowest BCUT2D eigenvalue weighted by molar-refractivity contribution is -0.116. The first kappa shape index (κ1) is 14.8. The Balaban J connectivity index is 1.80. The minimum Gasteiger partial charge on any atom is -0.491 e. The van der Waals surface area contributed by atoms with E-state index in [2.05, 4.69) is 10.3 Å². The number of hydrogen-bond donors (Lipinski definition) is 1. The Bertz CT molecular complexity index is 593. The van der Waals surface area contributed by atoms with E-state index in [1.807, 2.05) is 26.0 Å². The molecule has 106 valence electrons. The molecule has 1 amide bonds. The number of thiazole rings is 1. The summed E-state index contributed by atoms with van der Waals surface area (Å²) in [6.07, 6.45) is 0.253. The highest BCUT2D eigenvalue weighted by molar-refractivity contribution is 7.15. The van der Waals surface area contributed by atoms with E-state index in [1.165, 1.54) is 11.3 Å². The number of benzene rings is 1. The molecule has 0 aliphatic heterocycles. The lowest BCUT2D eigenvalue weighted by Crippen LogP contribution is -2.15. The SMILES string of the molecule is Cc1nc(NC(=O)CCOc2ccccc2Cl)sc1C. The van der Waals surface area contributed by atoms with E-state index in [9.17, 15) is 4.79 Å². The van der Waals surface area contributed by atoms with E-state index >= 15 is 0 Å². The smallest absolute Gasteiger partial charge is 0.229 e. The van der Waals surface area contributed by atoms with Crippen LogP contribution in [0.2, 0.25) is 5.02 Å². The van der Waals surface area contributed by atoms with Crippen LogP contribution < -0.4 is 10.1 Å². The summed E-state index contributed by atoms with van der Waals surface area (Å²) in [5.74, 6) is 0.466. The van der Waals surface area contributed by atoms with E-state index in [-0.39, 0.29) is 18.9 Å². The maximum atomic E-state index is 11.8. The van der Waals surface area contributed by atoms with Crippen molar-refractivity contribution in [1.29, 1.82) is 0 Å². The summed E-state index contributed by atoms with van der Waals surface area (Å²) in [4.78, 5) is 17.1. The van der Waals surface area contributed by atoms with Gasteiger partial charge in [0.2, 0.25) is 5.91 Å². The second kappa shape index (κ2) is 6.72. The van der Waals surface area contributed by atoms with Crippen molar-refractivity contribution < 1.29 is 9.53 Å². The third-order valence-corrected chi connectivity index (χ3v) is 4.00. The molecule has 2 rings (SSSR count). The largest absolute Gasteiger partial charge is 0.491 e. The van der Waals surface area contributed by atoms with Gasteiger partial charge in [0.15, 0.2) is 5.13 Å². The second-order valence-electron chi connectivity index (χ2n) is 4.24. The first-order valence-corrected chi connectivity index (χ1v) is 7.37. The number of rotatable bonds is 5. The van der Waals surface area contributed by atoms with Gasteiger partial charge in [-0.05, 0) is 26.0 Å². The highest BCUT2D eigenvalue weighted by atomic mass is 35.5. The fraction of sp³-hybridized carbons (Fsp3) is 0.286. The number of para-hydroxylation sites is 1. The molecule has 20 heavy (non-hydrogen) atoms.